The molecule has 0 bridgehead atoms. The normalized spacial score (nSPS) is 20.6. The summed E-state index contributed by atoms with van der Waals surface area (Å²) in [7, 11) is 0.0664. The molecule has 0 fully saturated rings. The third kappa shape index (κ3) is 1.04. The van der Waals surface area contributed by atoms with Gasteiger partial charge in [0.1, 0.15) is 0 Å². The Morgan fingerprint density at radius 1 is 1.15 bits per heavy atom. The lowest BCUT2D eigenvalue weighted by Gasteiger charge is -2.06. The van der Waals surface area contributed by atoms with Gasteiger partial charge in [0.2, 0.25) is 0 Å². The zero-order valence-corrected chi connectivity index (χ0v) is 9.00. The highest BCUT2D eigenvalue weighted by Gasteiger charge is 2.19. The molecule has 1 heteroatoms. The molecule has 1 heterocycles. The van der Waals surface area contributed by atoms with Gasteiger partial charge in [0.15, 0.2) is 0 Å². The second-order valence-corrected chi connectivity index (χ2v) is 5.72. The van der Waals surface area contributed by atoms with Crippen LogP contribution in [0.5, 0.6) is 0 Å². The van der Waals surface area contributed by atoms with E-state index in [0.29, 0.717) is 0 Å². The highest BCUT2D eigenvalue weighted by molar-refractivity contribution is 6.49. The Morgan fingerprint density at radius 3 is 3.08 bits per heavy atom. The molecule has 0 saturated carbocycles. The minimum Gasteiger partial charge on any atom is -0.0868 e. The first-order chi connectivity index (χ1) is 6.45. The molecule has 1 aliphatic heterocycles. The maximum Gasteiger partial charge on any atom is 0.0545 e. The lowest BCUT2D eigenvalue weighted by Crippen LogP contribution is -1.98. The Balaban J connectivity index is 2.18. The predicted molar refractivity (Wildman–Crippen MR) is 59.6 cm³/mol. The topological polar surface area (TPSA) is 0 Å². The second-order valence-electron chi connectivity index (χ2n) is 3.79. The molecule has 0 aromatic heterocycles. The van der Waals surface area contributed by atoms with Crippen molar-refractivity contribution in [3.8, 4) is 0 Å². The van der Waals surface area contributed by atoms with Gasteiger partial charge in [-0.25, -0.2) is 0 Å². The molecule has 0 atom stereocenters. The summed E-state index contributed by atoms with van der Waals surface area (Å²) in [5, 5.41) is 1.78. The summed E-state index contributed by atoms with van der Waals surface area (Å²) >= 11 is 0. The maximum atomic E-state index is 2.35. The molecule has 0 spiro atoms. The first kappa shape index (κ1) is 7.33. The zero-order valence-electron chi connectivity index (χ0n) is 7.59. The van der Waals surface area contributed by atoms with Crippen LogP contribution in [0.2, 0.25) is 6.04 Å². The van der Waals surface area contributed by atoms with Crippen molar-refractivity contribution in [2.45, 2.75) is 12.5 Å². The maximum absolute atomic E-state index is 2.35. The van der Waals surface area contributed by atoms with Crippen molar-refractivity contribution < 1.29 is 0 Å². The predicted octanol–water partition coefficient (Wildman–Crippen LogP) is 2.11. The summed E-state index contributed by atoms with van der Waals surface area (Å²) in [6, 6.07) is 10.2. The SMILES string of the molecule is C1=CC2=C(Cc3ccccc32)[SiH2]C1. The molecule has 0 nitrogen and oxygen atoms in total. The van der Waals surface area contributed by atoms with Crippen LogP contribution >= 0.6 is 0 Å². The third-order valence-electron chi connectivity index (χ3n) is 2.99. The first-order valence-corrected chi connectivity index (χ1v) is 6.63. The Bertz CT molecular complexity index is 413. The summed E-state index contributed by atoms with van der Waals surface area (Å²) in [5.41, 5.74) is 4.61. The molecule has 1 aromatic rings. The van der Waals surface area contributed by atoms with Crippen LogP contribution in [0.15, 0.2) is 41.6 Å². The van der Waals surface area contributed by atoms with Crippen LogP contribution in [0.4, 0.5) is 0 Å². The molecule has 1 aromatic carbocycles. The van der Waals surface area contributed by atoms with Crippen molar-refractivity contribution in [2.24, 2.45) is 0 Å². The van der Waals surface area contributed by atoms with Crippen LogP contribution < -0.4 is 0 Å². The number of hydrogen-bond acceptors (Lipinski definition) is 0. The lowest BCUT2D eigenvalue weighted by atomic mass is 10.1. The van der Waals surface area contributed by atoms with Crippen LogP contribution in [0.25, 0.3) is 5.57 Å². The van der Waals surface area contributed by atoms with Crippen molar-refractivity contribution in [3.63, 3.8) is 0 Å². The van der Waals surface area contributed by atoms with Gasteiger partial charge < -0.3 is 0 Å². The molecule has 2 aliphatic rings. The third-order valence-corrected chi connectivity index (χ3v) is 4.85. The van der Waals surface area contributed by atoms with Crippen molar-refractivity contribution in [2.75, 3.05) is 0 Å². The van der Waals surface area contributed by atoms with Crippen molar-refractivity contribution in [1.29, 1.82) is 0 Å². The number of allylic oxidation sites excluding steroid dienone is 4. The first-order valence-electron chi connectivity index (χ1n) is 4.92. The molecule has 0 saturated heterocycles. The Morgan fingerprint density at radius 2 is 2.08 bits per heavy atom. The number of benzene rings is 1. The van der Waals surface area contributed by atoms with Gasteiger partial charge in [0.25, 0.3) is 0 Å². The van der Waals surface area contributed by atoms with Gasteiger partial charge in [-0.05, 0) is 29.2 Å². The van der Waals surface area contributed by atoms with Gasteiger partial charge in [-0.1, -0.05) is 41.6 Å². The average Bonchev–Trinajstić information content (AvgIpc) is 2.56. The van der Waals surface area contributed by atoms with Crippen LogP contribution in [0, 0.1) is 0 Å². The molecule has 1 aliphatic carbocycles. The molecule has 64 valence electrons. The van der Waals surface area contributed by atoms with E-state index < -0.39 is 0 Å². The Kier molecular flexibility index (Phi) is 1.53. The van der Waals surface area contributed by atoms with E-state index in [0.717, 1.165) is 0 Å². The number of rotatable bonds is 0. The van der Waals surface area contributed by atoms with Gasteiger partial charge in [-0.15, -0.1) is 0 Å². The van der Waals surface area contributed by atoms with Crippen LogP contribution in [-0.2, 0) is 6.42 Å². The quantitative estimate of drug-likeness (QED) is 0.542. The molecule has 0 amide bonds. The van der Waals surface area contributed by atoms with Gasteiger partial charge in [0.05, 0.1) is 9.52 Å². The molecule has 0 unspecified atom stereocenters. The zero-order chi connectivity index (χ0) is 8.67. The van der Waals surface area contributed by atoms with Crippen LogP contribution in [-0.4, -0.2) is 9.52 Å². The van der Waals surface area contributed by atoms with E-state index in [2.05, 4.69) is 36.4 Å². The van der Waals surface area contributed by atoms with E-state index >= 15 is 0 Å². The number of hydrogen-bond donors (Lipinski definition) is 0. The van der Waals surface area contributed by atoms with E-state index in [1.54, 1.807) is 16.3 Å². The summed E-state index contributed by atoms with van der Waals surface area (Å²) in [6.07, 6.45) is 5.94. The Hall–Kier alpha value is -1.08. The van der Waals surface area contributed by atoms with Gasteiger partial charge in [-0.2, -0.15) is 0 Å². The van der Waals surface area contributed by atoms with Crippen LogP contribution in [0.1, 0.15) is 11.1 Å². The monoisotopic (exact) mass is 184 g/mol. The standard InChI is InChI=1S/C12H12Si/c1-2-5-10-9(4-1)8-12-11(10)6-3-7-13-12/h1-6H,7-8,13H2. The molecule has 3 rings (SSSR count). The molecular formula is C12H12Si. The van der Waals surface area contributed by atoms with E-state index in [-0.39, 0.29) is 9.52 Å². The van der Waals surface area contributed by atoms with E-state index in [9.17, 15) is 0 Å². The fourth-order valence-corrected chi connectivity index (χ4v) is 4.05. The van der Waals surface area contributed by atoms with Gasteiger partial charge >= 0.3 is 0 Å². The smallest absolute Gasteiger partial charge is 0.0545 e. The number of fused-ring (bicyclic) bond motifs is 2. The minimum atomic E-state index is 0.0664. The Labute approximate surface area is 80.8 Å². The summed E-state index contributed by atoms with van der Waals surface area (Å²) < 4.78 is 0. The lowest BCUT2D eigenvalue weighted by molar-refractivity contribution is 1.28. The summed E-state index contributed by atoms with van der Waals surface area (Å²) in [4.78, 5) is 0. The van der Waals surface area contributed by atoms with E-state index in [1.807, 2.05) is 0 Å². The van der Waals surface area contributed by atoms with E-state index in [1.165, 1.54) is 18.0 Å². The van der Waals surface area contributed by atoms with Crippen molar-refractivity contribution in [1.82, 2.24) is 0 Å². The molecule has 0 N–H and O–H groups in total. The largest absolute Gasteiger partial charge is 0.0868 e. The molecular weight excluding hydrogens is 172 g/mol. The van der Waals surface area contributed by atoms with Crippen LogP contribution in [0.3, 0.4) is 0 Å². The summed E-state index contributed by atoms with van der Waals surface area (Å²) in [6.45, 7) is 0. The van der Waals surface area contributed by atoms with Gasteiger partial charge in [0, 0.05) is 0 Å². The molecule has 0 radical (unpaired) electrons. The van der Waals surface area contributed by atoms with Crippen molar-refractivity contribution in [3.05, 3.63) is 52.7 Å². The highest BCUT2D eigenvalue weighted by Crippen LogP contribution is 2.35. The fraction of sp³-hybridized carbons (Fsp3) is 0.167. The minimum absolute atomic E-state index is 0.0664. The second kappa shape index (κ2) is 2.71. The summed E-state index contributed by atoms with van der Waals surface area (Å²) in [5.74, 6) is 0. The fourth-order valence-electron chi connectivity index (χ4n) is 2.34. The van der Waals surface area contributed by atoms with Crippen molar-refractivity contribution >= 4 is 15.1 Å². The van der Waals surface area contributed by atoms with Gasteiger partial charge in [-0.3, -0.25) is 0 Å². The molecule has 13 heavy (non-hydrogen) atoms. The average molecular weight is 184 g/mol. The van der Waals surface area contributed by atoms with E-state index in [4.69, 9.17) is 0 Å². The highest BCUT2D eigenvalue weighted by atomic mass is 28.2.